The van der Waals surface area contributed by atoms with Gasteiger partial charge in [0.25, 0.3) is 0 Å². The molecule has 0 aliphatic carbocycles. The van der Waals surface area contributed by atoms with Crippen LogP contribution in [0.3, 0.4) is 0 Å². The lowest BCUT2D eigenvalue weighted by Gasteiger charge is -2.06. The summed E-state index contributed by atoms with van der Waals surface area (Å²) in [5, 5.41) is 5.79. The van der Waals surface area contributed by atoms with E-state index in [1.807, 2.05) is 13.0 Å². The molecule has 0 unspecified atom stereocenters. The molecule has 0 radical (unpaired) electrons. The number of rotatable bonds is 16. The Morgan fingerprint density at radius 3 is 1.68 bits per heavy atom. The summed E-state index contributed by atoms with van der Waals surface area (Å²) in [6.07, 6.45) is 11.6. The molecule has 0 rings (SSSR count). The zero-order valence-electron chi connectivity index (χ0n) is 20.3. The number of ether oxygens (including phenoxy) is 2. The minimum absolute atomic E-state index is 0. The average molecular weight is 443 g/mol. The molecule has 0 amide bonds. The van der Waals surface area contributed by atoms with Crippen molar-refractivity contribution in [1.82, 2.24) is 10.6 Å². The van der Waals surface area contributed by atoms with Crippen LogP contribution >= 0.6 is 0 Å². The first-order chi connectivity index (χ1) is 14.4. The third kappa shape index (κ3) is 28.3. The van der Waals surface area contributed by atoms with Gasteiger partial charge < -0.3 is 20.1 Å². The minimum Gasteiger partial charge on any atom is -0.465 e. The number of carbonyl (C=O) groups excluding carboxylic acids is 2. The molecule has 0 atom stereocenters. The van der Waals surface area contributed by atoms with Gasteiger partial charge in [-0.25, -0.2) is 0 Å². The van der Waals surface area contributed by atoms with Gasteiger partial charge in [0.05, 0.1) is 26.1 Å². The number of carbonyl (C=O) groups is 2. The summed E-state index contributed by atoms with van der Waals surface area (Å²) in [4.78, 5) is 22.5. The van der Waals surface area contributed by atoms with Crippen LogP contribution in [0.2, 0.25) is 0 Å². The summed E-state index contributed by atoms with van der Waals surface area (Å²) in [5.41, 5.74) is 2.68. The SMILES string of the molecule is C.CCC/C=C(/C)CCC.CNCCC(=O)OCC/C=C(/C)CCOC(=O)CCNC. The van der Waals surface area contributed by atoms with E-state index in [0.717, 1.165) is 5.57 Å². The summed E-state index contributed by atoms with van der Waals surface area (Å²) in [5.74, 6) is -0.371. The Labute approximate surface area is 192 Å². The molecule has 184 valence electrons. The van der Waals surface area contributed by atoms with E-state index >= 15 is 0 Å². The van der Waals surface area contributed by atoms with Crippen molar-refractivity contribution in [3.8, 4) is 0 Å². The van der Waals surface area contributed by atoms with Crippen molar-refractivity contribution in [3.63, 3.8) is 0 Å². The maximum atomic E-state index is 11.3. The molecule has 0 bridgehead atoms. The Kier molecular flexibility index (Phi) is 28.9. The third-order valence-corrected chi connectivity index (χ3v) is 4.22. The van der Waals surface area contributed by atoms with Gasteiger partial charge in [-0.15, -0.1) is 0 Å². The molecule has 0 spiro atoms. The molecule has 31 heavy (non-hydrogen) atoms. The van der Waals surface area contributed by atoms with Crippen LogP contribution in [-0.4, -0.2) is 52.3 Å². The predicted octanol–water partition coefficient (Wildman–Crippen LogP) is 5.19. The molecular weight excluding hydrogens is 392 g/mol. The molecule has 6 nitrogen and oxygen atoms in total. The van der Waals surface area contributed by atoms with Gasteiger partial charge in [0.1, 0.15) is 0 Å². The average Bonchev–Trinajstić information content (AvgIpc) is 2.73. The lowest BCUT2D eigenvalue weighted by molar-refractivity contribution is -0.144. The van der Waals surface area contributed by atoms with Gasteiger partial charge in [-0.2, -0.15) is 0 Å². The fourth-order valence-electron chi connectivity index (χ4n) is 2.39. The standard InChI is InChI=1S/C15H28N2O4.C9H18.CH4/c1-13(8-12-21-15(19)7-10-17-3)5-4-11-20-14(18)6-9-16-2;1-4-6-8-9(3)7-5-2;/h5,16-17H,4,6-12H2,1-3H3;8H,4-7H2,1-3H3;1H4/b13-5-;9-8-;. The molecule has 6 heteroatoms. The van der Waals surface area contributed by atoms with Gasteiger partial charge in [-0.1, -0.05) is 57.4 Å². The van der Waals surface area contributed by atoms with Crippen molar-refractivity contribution in [1.29, 1.82) is 0 Å². The summed E-state index contributed by atoms with van der Waals surface area (Å²) >= 11 is 0. The number of esters is 2. The van der Waals surface area contributed by atoms with Crippen LogP contribution in [0.5, 0.6) is 0 Å². The van der Waals surface area contributed by atoms with E-state index < -0.39 is 0 Å². The Morgan fingerprint density at radius 1 is 0.710 bits per heavy atom. The van der Waals surface area contributed by atoms with Crippen LogP contribution in [0.15, 0.2) is 23.3 Å². The Morgan fingerprint density at radius 2 is 1.19 bits per heavy atom. The van der Waals surface area contributed by atoms with Crippen LogP contribution < -0.4 is 10.6 Å². The van der Waals surface area contributed by atoms with Gasteiger partial charge in [0.15, 0.2) is 0 Å². The molecule has 2 N–H and O–H groups in total. The third-order valence-electron chi connectivity index (χ3n) is 4.22. The fraction of sp³-hybridized carbons (Fsp3) is 0.760. The van der Waals surface area contributed by atoms with Crippen molar-refractivity contribution >= 4 is 11.9 Å². The summed E-state index contributed by atoms with van der Waals surface area (Å²) in [6.45, 7) is 10.7. The van der Waals surface area contributed by atoms with Gasteiger partial charge in [0.2, 0.25) is 0 Å². The van der Waals surface area contributed by atoms with Crippen molar-refractivity contribution in [3.05, 3.63) is 23.3 Å². The first-order valence-electron chi connectivity index (χ1n) is 11.3. The van der Waals surface area contributed by atoms with E-state index in [4.69, 9.17) is 9.47 Å². The quantitative estimate of drug-likeness (QED) is 0.195. The lowest BCUT2D eigenvalue weighted by atomic mass is 10.1. The fourth-order valence-corrected chi connectivity index (χ4v) is 2.39. The van der Waals surface area contributed by atoms with E-state index in [1.165, 1.54) is 25.7 Å². The number of hydrogen-bond donors (Lipinski definition) is 2. The van der Waals surface area contributed by atoms with Crippen LogP contribution in [0.25, 0.3) is 0 Å². The van der Waals surface area contributed by atoms with Crippen LogP contribution in [0.4, 0.5) is 0 Å². The molecule has 0 aliphatic rings. The largest absolute Gasteiger partial charge is 0.465 e. The summed E-state index contributed by atoms with van der Waals surface area (Å²) in [6, 6.07) is 0. The van der Waals surface area contributed by atoms with Gasteiger partial charge in [-0.3, -0.25) is 9.59 Å². The molecule has 0 aliphatic heterocycles. The Hall–Kier alpha value is -1.66. The monoisotopic (exact) mass is 442 g/mol. The summed E-state index contributed by atoms with van der Waals surface area (Å²) in [7, 11) is 3.59. The molecule has 0 aromatic carbocycles. The first-order valence-corrected chi connectivity index (χ1v) is 11.3. The highest BCUT2D eigenvalue weighted by atomic mass is 16.5. The highest BCUT2D eigenvalue weighted by Gasteiger charge is 2.02. The maximum absolute atomic E-state index is 11.3. The van der Waals surface area contributed by atoms with Crippen molar-refractivity contribution in [2.75, 3.05) is 40.4 Å². The summed E-state index contributed by atoms with van der Waals surface area (Å²) < 4.78 is 10.2. The number of unbranched alkanes of at least 4 members (excludes halogenated alkanes) is 1. The highest BCUT2D eigenvalue weighted by Crippen LogP contribution is 2.05. The van der Waals surface area contributed by atoms with Crippen LogP contribution in [0, 0.1) is 0 Å². The smallest absolute Gasteiger partial charge is 0.307 e. The zero-order chi connectivity index (χ0) is 23.0. The van der Waals surface area contributed by atoms with E-state index in [9.17, 15) is 9.59 Å². The van der Waals surface area contributed by atoms with E-state index in [0.29, 0.717) is 52.0 Å². The van der Waals surface area contributed by atoms with Gasteiger partial charge in [-0.05, 0) is 47.2 Å². The number of allylic oxidation sites excluding steroid dienone is 2. The van der Waals surface area contributed by atoms with Crippen molar-refractivity contribution in [2.24, 2.45) is 0 Å². The van der Waals surface area contributed by atoms with Gasteiger partial charge in [0, 0.05) is 19.5 Å². The van der Waals surface area contributed by atoms with Crippen LogP contribution in [-0.2, 0) is 19.1 Å². The minimum atomic E-state index is -0.186. The molecule has 0 heterocycles. The van der Waals surface area contributed by atoms with Crippen molar-refractivity contribution < 1.29 is 19.1 Å². The number of hydrogen-bond acceptors (Lipinski definition) is 6. The second kappa shape index (κ2) is 26.4. The second-order valence-corrected chi connectivity index (χ2v) is 7.33. The molecule has 0 fully saturated rings. The zero-order valence-corrected chi connectivity index (χ0v) is 20.3. The topological polar surface area (TPSA) is 76.7 Å². The molecule has 0 aromatic rings. The van der Waals surface area contributed by atoms with E-state index in [2.05, 4.69) is 37.5 Å². The molecule has 0 saturated carbocycles. The predicted molar refractivity (Wildman–Crippen MR) is 132 cm³/mol. The Bertz CT molecular complexity index is 488. The molecular formula is C25H50N2O4. The molecule has 0 saturated heterocycles. The molecule has 0 aromatic heterocycles. The Balaban J connectivity index is -0.000000662. The highest BCUT2D eigenvalue weighted by molar-refractivity contribution is 5.69. The van der Waals surface area contributed by atoms with Crippen LogP contribution in [0.1, 0.15) is 86.5 Å². The van der Waals surface area contributed by atoms with E-state index in [1.54, 1.807) is 19.7 Å². The first kappa shape index (κ1) is 34.0. The van der Waals surface area contributed by atoms with Crippen molar-refractivity contribution in [2.45, 2.75) is 86.5 Å². The normalized spacial score (nSPS) is 11.2. The number of nitrogens with one attached hydrogen (secondary N) is 2. The van der Waals surface area contributed by atoms with Gasteiger partial charge >= 0.3 is 11.9 Å². The second-order valence-electron chi connectivity index (χ2n) is 7.33. The maximum Gasteiger partial charge on any atom is 0.307 e. The lowest BCUT2D eigenvalue weighted by Crippen LogP contribution is -2.15. The van der Waals surface area contributed by atoms with E-state index in [-0.39, 0.29) is 19.4 Å².